The van der Waals surface area contributed by atoms with Gasteiger partial charge >= 0.3 is 0 Å². The monoisotopic (exact) mass is 237 g/mol. The first kappa shape index (κ1) is 11.6. The zero-order valence-corrected chi connectivity index (χ0v) is 9.64. The molecule has 1 aromatic heterocycles. The highest BCUT2D eigenvalue weighted by molar-refractivity contribution is 5.90. The van der Waals surface area contributed by atoms with Gasteiger partial charge in [0, 0.05) is 26.1 Å². The first-order chi connectivity index (χ1) is 8.16. The van der Waals surface area contributed by atoms with E-state index in [9.17, 15) is 9.59 Å². The third kappa shape index (κ3) is 2.80. The normalized spacial score (nSPS) is 16.9. The van der Waals surface area contributed by atoms with Crippen molar-refractivity contribution < 1.29 is 9.59 Å². The number of aromatic amines is 1. The number of carbonyl (C=O) groups excluding carboxylic acids is 2. The summed E-state index contributed by atoms with van der Waals surface area (Å²) in [7, 11) is 0. The van der Waals surface area contributed by atoms with Gasteiger partial charge in [-0.3, -0.25) is 14.7 Å². The minimum Gasteiger partial charge on any atom is -0.346 e. The molecule has 0 aliphatic carbocycles. The van der Waals surface area contributed by atoms with Crippen LogP contribution in [0.3, 0.4) is 0 Å². The minimum absolute atomic E-state index is 0.0880. The fourth-order valence-corrected chi connectivity index (χ4v) is 1.91. The zero-order chi connectivity index (χ0) is 12.3. The second-order valence-electron chi connectivity index (χ2n) is 4.09. The molecule has 1 aliphatic heterocycles. The number of hydrogen-bond acceptors (Lipinski definition) is 4. The first-order valence-corrected chi connectivity index (χ1v) is 5.58. The molecule has 7 nitrogen and oxygen atoms in total. The molecule has 0 spiro atoms. The van der Waals surface area contributed by atoms with Gasteiger partial charge in [-0.2, -0.15) is 5.10 Å². The van der Waals surface area contributed by atoms with Crippen LogP contribution in [0.1, 0.15) is 30.4 Å². The van der Waals surface area contributed by atoms with Crippen molar-refractivity contribution in [1.82, 2.24) is 25.4 Å². The fraction of sp³-hybridized carbons (Fsp3) is 0.600. The highest BCUT2D eigenvalue weighted by atomic mass is 16.2. The smallest absolute Gasteiger partial charge is 0.288 e. The number of rotatable bonds is 2. The highest BCUT2D eigenvalue weighted by Crippen LogP contribution is 2.10. The van der Waals surface area contributed by atoms with Gasteiger partial charge in [-0.25, -0.2) is 4.98 Å². The van der Waals surface area contributed by atoms with E-state index in [0.29, 0.717) is 13.1 Å². The summed E-state index contributed by atoms with van der Waals surface area (Å²) in [5.41, 5.74) is 0. The van der Waals surface area contributed by atoms with E-state index in [1.54, 1.807) is 11.8 Å². The molecule has 0 aromatic carbocycles. The van der Waals surface area contributed by atoms with E-state index in [-0.39, 0.29) is 23.7 Å². The number of H-pyrrole nitrogens is 1. The van der Waals surface area contributed by atoms with E-state index in [2.05, 4.69) is 20.5 Å². The number of hydrogen-bond donors (Lipinski definition) is 2. The molecule has 7 heteroatoms. The first-order valence-electron chi connectivity index (χ1n) is 5.58. The molecule has 92 valence electrons. The van der Waals surface area contributed by atoms with Gasteiger partial charge in [0.15, 0.2) is 0 Å². The molecule has 2 heterocycles. The van der Waals surface area contributed by atoms with E-state index in [0.717, 1.165) is 12.8 Å². The molecule has 2 rings (SSSR count). The second-order valence-corrected chi connectivity index (χ2v) is 4.09. The van der Waals surface area contributed by atoms with Crippen molar-refractivity contribution >= 4 is 11.8 Å². The number of carbonyl (C=O) groups is 2. The molecule has 1 fully saturated rings. The number of nitrogens with zero attached hydrogens (tertiary/aromatic N) is 3. The third-order valence-corrected chi connectivity index (χ3v) is 2.91. The zero-order valence-electron chi connectivity index (χ0n) is 9.64. The van der Waals surface area contributed by atoms with Crippen LogP contribution in [-0.2, 0) is 4.79 Å². The van der Waals surface area contributed by atoms with Crippen LogP contribution in [-0.4, -0.2) is 51.0 Å². The summed E-state index contributed by atoms with van der Waals surface area (Å²) in [6, 6.07) is 0.100. The second kappa shape index (κ2) is 4.94. The van der Waals surface area contributed by atoms with Crippen LogP contribution >= 0.6 is 0 Å². The average Bonchev–Trinajstić information content (AvgIpc) is 2.83. The molecular formula is C10H15N5O2. The predicted molar refractivity (Wildman–Crippen MR) is 59.1 cm³/mol. The van der Waals surface area contributed by atoms with Gasteiger partial charge in [-0.1, -0.05) is 0 Å². The van der Waals surface area contributed by atoms with Gasteiger partial charge in [-0.05, 0) is 12.8 Å². The van der Waals surface area contributed by atoms with E-state index in [4.69, 9.17) is 0 Å². The Bertz CT molecular complexity index is 395. The van der Waals surface area contributed by atoms with Crippen molar-refractivity contribution in [2.75, 3.05) is 13.1 Å². The minimum atomic E-state index is -0.247. The molecule has 1 aliphatic rings. The van der Waals surface area contributed by atoms with Crippen LogP contribution in [0.5, 0.6) is 0 Å². The van der Waals surface area contributed by atoms with Crippen molar-refractivity contribution in [2.24, 2.45) is 0 Å². The maximum absolute atomic E-state index is 11.7. The largest absolute Gasteiger partial charge is 0.346 e. The lowest BCUT2D eigenvalue weighted by Gasteiger charge is -2.31. The van der Waals surface area contributed by atoms with Crippen LogP contribution in [0.2, 0.25) is 0 Å². The van der Waals surface area contributed by atoms with Gasteiger partial charge in [0.05, 0.1) is 0 Å². The summed E-state index contributed by atoms with van der Waals surface area (Å²) in [4.78, 5) is 28.4. The topological polar surface area (TPSA) is 91.0 Å². The van der Waals surface area contributed by atoms with Crippen LogP contribution in [0.15, 0.2) is 6.33 Å². The maximum Gasteiger partial charge on any atom is 0.288 e. The summed E-state index contributed by atoms with van der Waals surface area (Å²) >= 11 is 0. The Morgan fingerprint density at radius 1 is 1.47 bits per heavy atom. The molecule has 2 N–H and O–H groups in total. The Morgan fingerprint density at radius 3 is 2.71 bits per heavy atom. The SMILES string of the molecule is CC(=O)N1CCC(NC(=O)c2ncn[nH]2)CC1. The van der Waals surface area contributed by atoms with Crippen LogP contribution in [0, 0.1) is 0 Å². The van der Waals surface area contributed by atoms with Crippen molar-refractivity contribution in [3.63, 3.8) is 0 Å². The van der Waals surface area contributed by atoms with Crippen LogP contribution < -0.4 is 5.32 Å². The summed E-state index contributed by atoms with van der Waals surface area (Å²) < 4.78 is 0. The lowest BCUT2D eigenvalue weighted by Crippen LogP contribution is -2.46. The van der Waals surface area contributed by atoms with Gasteiger partial charge in [0.25, 0.3) is 5.91 Å². The predicted octanol–water partition coefficient (Wildman–Crippen LogP) is -0.455. The quantitative estimate of drug-likeness (QED) is 0.728. The summed E-state index contributed by atoms with van der Waals surface area (Å²) in [5, 5.41) is 9.01. The Labute approximate surface area is 98.6 Å². The molecular weight excluding hydrogens is 222 g/mol. The van der Waals surface area contributed by atoms with Crippen molar-refractivity contribution in [2.45, 2.75) is 25.8 Å². The van der Waals surface area contributed by atoms with E-state index >= 15 is 0 Å². The molecule has 0 radical (unpaired) electrons. The Morgan fingerprint density at radius 2 is 2.18 bits per heavy atom. The molecule has 0 saturated carbocycles. The Balaban J connectivity index is 1.82. The van der Waals surface area contributed by atoms with Crippen molar-refractivity contribution in [1.29, 1.82) is 0 Å². The van der Waals surface area contributed by atoms with E-state index < -0.39 is 0 Å². The van der Waals surface area contributed by atoms with Crippen LogP contribution in [0.4, 0.5) is 0 Å². The standard InChI is InChI=1S/C10H15N5O2/c1-7(16)15-4-2-8(3-5-15)13-10(17)9-11-6-12-14-9/h6,8H,2-5H2,1H3,(H,13,17)(H,11,12,14). The number of aromatic nitrogens is 3. The Kier molecular flexibility index (Phi) is 3.36. The Hall–Kier alpha value is -1.92. The summed E-state index contributed by atoms with van der Waals surface area (Å²) in [6.45, 7) is 2.95. The fourth-order valence-electron chi connectivity index (χ4n) is 1.91. The molecule has 0 atom stereocenters. The van der Waals surface area contributed by atoms with Gasteiger partial charge in [0.1, 0.15) is 6.33 Å². The van der Waals surface area contributed by atoms with E-state index in [1.807, 2.05) is 0 Å². The lowest BCUT2D eigenvalue weighted by molar-refractivity contribution is -0.129. The third-order valence-electron chi connectivity index (χ3n) is 2.91. The van der Waals surface area contributed by atoms with Gasteiger partial charge in [-0.15, -0.1) is 0 Å². The maximum atomic E-state index is 11.7. The highest BCUT2D eigenvalue weighted by Gasteiger charge is 2.22. The summed E-state index contributed by atoms with van der Waals surface area (Å²) in [5.74, 6) is 0.0628. The van der Waals surface area contributed by atoms with Gasteiger partial charge < -0.3 is 10.2 Å². The number of nitrogens with one attached hydrogen (secondary N) is 2. The molecule has 2 amide bonds. The lowest BCUT2D eigenvalue weighted by atomic mass is 10.1. The number of amides is 2. The van der Waals surface area contributed by atoms with Crippen LogP contribution in [0.25, 0.3) is 0 Å². The molecule has 17 heavy (non-hydrogen) atoms. The van der Waals surface area contributed by atoms with Crippen molar-refractivity contribution in [3.05, 3.63) is 12.2 Å². The summed E-state index contributed by atoms with van der Waals surface area (Å²) in [6.07, 6.45) is 2.85. The number of likely N-dealkylation sites (tertiary alicyclic amines) is 1. The van der Waals surface area contributed by atoms with E-state index in [1.165, 1.54) is 6.33 Å². The molecule has 0 bridgehead atoms. The molecule has 1 saturated heterocycles. The number of piperidine rings is 1. The van der Waals surface area contributed by atoms with Gasteiger partial charge in [0.2, 0.25) is 11.7 Å². The van der Waals surface area contributed by atoms with Crippen molar-refractivity contribution in [3.8, 4) is 0 Å². The molecule has 0 unspecified atom stereocenters. The average molecular weight is 237 g/mol. The molecule has 1 aromatic rings.